The molecule has 13 heavy (non-hydrogen) atoms. The van der Waals surface area contributed by atoms with Crippen molar-refractivity contribution in [3.05, 3.63) is 23.9 Å². The van der Waals surface area contributed by atoms with Crippen LogP contribution in [0.1, 0.15) is 11.7 Å². The first kappa shape index (κ1) is 9.95. The van der Waals surface area contributed by atoms with E-state index in [1.165, 1.54) is 7.11 Å². The summed E-state index contributed by atoms with van der Waals surface area (Å²) < 4.78 is 5.01. The number of nitrogens with one attached hydrogen (secondary N) is 1. The molecule has 1 rings (SSSR count). The number of aromatic nitrogens is 1. The Balaban J connectivity index is 2.85. The van der Waals surface area contributed by atoms with Crippen molar-refractivity contribution < 1.29 is 9.84 Å². The number of methoxy groups -OCH3 is 1. The van der Waals surface area contributed by atoms with Crippen molar-refractivity contribution in [1.82, 2.24) is 10.3 Å². The van der Waals surface area contributed by atoms with Crippen molar-refractivity contribution >= 4 is 0 Å². The van der Waals surface area contributed by atoms with Gasteiger partial charge < -0.3 is 15.2 Å². The van der Waals surface area contributed by atoms with Gasteiger partial charge in [-0.3, -0.25) is 0 Å². The van der Waals surface area contributed by atoms with E-state index in [4.69, 9.17) is 4.74 Å². The van der Waals surface area contributed by atoms with E-state index in [0.717, 1.165) is 0 Å². The van der Waals surface area contributed by atoms with Gasteiger partial charge >= 0.3 is 0 Å². The molecule has 1 heterocycles. The van der Waals surface area contributed by atoms with Crippen LogP contribution in [0.2, 0.25) is 0 Å². The predicted molar refractivity (Wildman–Crippen MR) is 49.7 cm³/mol. The maximum Gasteiger partial charge on any atom is 0.218 e. The van der Waals surface area contributed by atoms with Crippen molar-refractivity contribution in [2.45, 2.75) is 6.10 Å². The van der Waals surface area contributed by atoms with Crippen LogP contribution in [0.15, 0.2) is 18.3 Å². The first-order chi connectivity index (χ1) is 6.29. The molecule has 1 unspecified atom stereocenters. The maximum atomic E-state index is 9.65. The Kier molecular flexibility index (Phi) is 3.67. The summed E-state index contributed by atoms with van der Waals surface area (Å²) in [6, 6.07) is 3.57. The van der Waals surface area contributed by atoms with Gasteiger partial charge in [0.05, 0.1) is 13.2 Å². The minimum Gasteiger partial charge on any atom is -0.481 e. The Labute approximate surface area is 77.6 Å². The molecule has 1 aromatic rings. The van der Waals surface area contributed by atoms with Gasteiger partial charge in [-0.15, -0.1) is 0 Å². The number of hydrogen-bond donors (Lipinski definition) is 2. The van der Waals surface area contributed by atoms with E-state index in [0.29, 0.717) is 18.0 Å². The number of aliphatic hydroxyl groups excluding tert-OH is 1. The molecule has 0 bridgehead atoms. The molecule has 2 N–H and O–H groups in total. The Morgan fingerprint density at radius 3 is 3.08 bits per heavy atom. The van der Waals surface area contributed by atoms with Crippen LogP contribution in [0.3, 0.4) is 0 Å². The van der Waals surface area contributed by atoms with Crippen molar-refractivity contribution in [2.24, 2.45) is 0 Å². The van der Waals surface area contributed by atoms with Crippen LogP contribution in [-0.2, 0) is 0 Å². The lowest BCUT2D eigenvalue weighted by atomic mass is 10.1. The molecule has 0 fully saturated rings. The van der Waals surface area contributed by atoms with Gasteiger partial charge in [-0.2, -0.15) is 0 Å². The molecule has 0 aromatic carbocycles. The minimum absolute atomic E-state index is 0.477. The van der Waals surface area contributed by atoms with Gasteiger partial charge in [0.15, 0.2) is 0 Å². The fourth-order valence-electron chi connectivity index (χ4n) is 1.13. The van der Waals surface area contributed by atoms with E-state index < -0.39 is 6.10 Å². The van der Waals surface area contributed by atoms with Gasteiger partial charge in [-0.1, -0.05) is 0 Å². The average Bonchev–Trinajstić information content (AvgIpc) is 2.18. The Morgan fingerprint density at radius 1 is 1.69 bits per heavy atom. The summed E-state index contributed by atoms with van der Waals surface area (Å²) in [5.41, 5.74) is 0.708. The van der Waals surface area contributed by atoms with Crippen LogP contribution in [0.25, 0.3) is 0 Å². The molecule has 1 atom stereocenters. The highest BCUT2D eigenvalue weighted by Gasteiger charge is 2.12. The molecule has 1 aromatic heterocycles. The molecule has 4 nitrogen and oxygen atoms in total. The third kappa shape index (κ3) is 2.40. The second-order valence-corrected chi connectivity index (χ2v) is 2.68. The number of pyridine rings is 1. The highest BCUT2D eigenvalue weighted by Crippen LogP contribution is 2.21. The molecule has 0 saturated carbocycles. The summed E-state index contributed by atoms with van der Waals surface area (Å²) in [7, 11) is 3.32. The zero-order chi connectivity index (χ0) is 9.68. The number of nitrogens with zero attached hydrogens (tertiary/aromatic N) is 1. The van der Waals surface area contributed by atoms with E-state index in [1.54, 1.807) is 25.4 Å². The Bertz CT molecular complexity index is 266. The standard InChI is InChI=1S/C9H14N2O2/c1-10-6-8(12)7-4-3-5-11-9(7)13-2/h3-5,8,10,12H,6H2,1-2H3. The molecule has 72 valence electrons. The van der Waals surface area contributed by atoms with Crippen LogP contribution >= 0.6 is 0 Å². The average molecular weight is 182 g/mol. The zero-order valence-electron chi connectivity index (χ0n) is 7.82. The van der Waals surface area contributed by atoms with Crippen molar-refractivity contribution in [1.29, 1.82) is 0 Å². The Hall–Kier alpha value is -1.13. The lowest BCUT2D eigenvalue weighted by molar-refractivity contribution is 0.172. The van der Waals surface area contributed by atoms with Gasteiger partial charge in [0, 0.05) is 18.3 Å². The third-order valence-electron chi connectivity index (χ3n) is 1.75. The quantitative estimate of drug-likeness (QED) is 0.705. The number of rotatable bonds is 4. The number of likely N-dealkylation sites (N-methyl/N-ethyl adjacent to an activating group) is 1. The second kappa shape index (κ2) is 4.79. The number of ether oxygens (including phenoxy) is 1. The smallest absolute Gasteiger partial charge is 0.218 e. The molecule has 0 radical (unpaired) electrons. The van der Waals surface area contributed by atoms with Gasteiger partial charge in [0.25, 0.3) is 0 Å². The largest absolute Gasteiger partial charge is 0.481 e. The predicted octanol–water partition coefficient (Wildman–Crippen LogP) is 0.343. The highest BCUT2D eigenvalue weighted by atomic mass is 16.5. The SMILES string of the molecule is CNCC(O)c1cccnc1OC. The van der Waals surface area contributed by atoms with Gasteiger partial charge in [0.2, 0.25) is 5.88 Å². The lowest BCUT2D eigenvalue weighted by Gasteiger charge is -2.12. The summed E-state index contributed by atoms with van der Waals surface area (Å²) in [5.74, 6) is 0.477. The van der Waals surface area contributed by atoms with Crippen LogP contribution in [-0.4, -0.2) is 30.8 Å². The lowest BCUT2D eigenvalue weighted by Crippen LogP contribution is -2.17. The number of aliphatic hydroxyl groups is 1. The van der Waals surface area contributed by atoms with E-state index >= 15 is 0 Å². The molecule has 0 spiro atoms. The fraction of sp³-hybridized carbons (Fsp3) is 0.444. The molecular weight excluding hydrogens is 168 g/mol. The summed E-state index contributed by atoms with van der Waals surface area (Å²) in [6.07, 6.45) is 1.06. The summed E-state index contributed by atoms with van der Waals surface area (Å²) >= 11 is 0. The topological polar surface area (TPSA) is 54.4 Å². The van der Waals surface area contributed by atoms with E-state index in [2.05, 4.69) is 10.3 Å². The third-order valence-corrected chi connectivity index (χ3v) is 1.75. The van der Waals surface area contributed by atoms with Crippen LogP contribution in [0.5, 0.6) is 5.88 Å². The molecule has 0 aliphatic carbocycles. The van der Waals surface area contributed by atoms with Crippen LogP contribution in [0, 0.1) is 0 Å². The number of hydrogen-bond acceptors (Lipinski definition) is 4. The zero-order valence-corrected chi connectivity index (χ0v) is 7.82. The van der Waals surface area contributed by atoms with E-state index in [9.17, 15) is 5.11 Å². The van der Waals surface area contributed by atoms with Crippen LogP contribution in [0.4, 0.5) is 0 Å². The summed E-state index contributed by atoms with van der Waals surface area (Å²) in [6.45, 7) is 0.488. The molecule has 4 heteroatoms. The van der Waals surface area contributed by atoms with Crippen molar-refractivity contribution in [3.8, 4) is 5.88 Å². The highest BCUT2D eigenvalue weighted by molar-refractivity contribution is 5.27. The van der Waals surface area contributed by atoms with Crippen molar-refractivity contribution in [3.63, 3.8) is 0 Å². The van der Waals surface area contributed by atoms with Crippen LogP contribution < -0.4 is 10.1 Å². The minimum atomic E-state index is -0.575. The summed E-state index contributed by atoms with van der Waals surface area (Å²) in [5, 5.41) is 12.5. The molecular formula is C9H14N2O2. The van der Waals surface area contributed by atoms with Gasteiger partial charge in [-0.25, -0.2) is 4.98 Å². The van der Waals surface area contributed by atoms with E-state index in [1.807, 2.05) is 0 Å². The monoisotopic (exact) mass is 182 g/mol. The molecule has 0 aliphatic rings. The van der Waals surface area contributed by atoms with Crippen molar-refractivity contribution in [2.75, 3.05) is 20.7 Å². The second-order valence-electron chi connectivity index (χ2n) is 2.68. The van der Waals surface area contributed by atoms with Gasteiger partial charge in [-0.05, 0) is 19.2 Å². The fourth-order valence-corrected chi connectivity index (χ4v) is 1.13. The molecule has 0 amide bonds. The molecule has 0 aliphatic heterocycles. The van der Waals surface area contributed by atoms with E-state index in [-0.39, 0.29) is 0 Å². The first-order valence-electron chi connectivity index (χ1n) is 4.11. The normalized spacial score (nSPS) is 12.5. The molecule has 0 saturated heterocycles. The maximum absolute atomic E-state index is 9.65. The first-order valence-corrected chi connectivity index (χ1v) is 4.11. The Morgan fingerprint density at radius 2 is 2.46 bits per heavy atom. The van der Waals surface area contributed by atoms with Gasteiger partial charge in [0.1, 0.15) is 0 Å². The summed E-state index contributed by atoms with van der Waals surface area (Å²) in [4.78, 5) is 3.99.